The smallest absolute Gasteiger partial charge is 0.322 e. The van der Waals surface area contributed by atoms with E-state index in [4.69, 9.17) is 4.74 Å². The van der Waals surface area contributed by atoms with E-state index in [0.29, 0.717) is 12.1 Å². The van der Waals surface area contributed by atoms with Gasteiger partial charge in [-0.05, 0) is 38.2 Å². The maximum Gasteiger partial charge on any atom is 0.322 e. The van der Waals surface area contributed by atoms with Gasteiger partial charge in [0.25, 0.3) is 0 Å². The zero-order valence-electron chi connectivity index (χ0n) is 12.3. The summed E-state index contributed by atoms with van der Waals surface area (Å²) in [5.41, 5.74) is 2.10. The van der Waals surface area contributed by atoms with Gasteiger partial charge in [0.05, 0.1) is 0 Å². The number of ether oxygens (including phenoxy) is 1. The molecule has 4 nitrogen and oxygen atoms in total. The van der Waals surface area contributed by atoms with Gasteiger partial charge in [-0.2, -0.15) is 4.98 Å². The predicted molar refractivity (Wildman–Crippen MR) is 84.9 cm³/mol. The van der Waals surface area contributed by atoms with Crippen molar-refractivity contribution in [2.24, 2.45) is 0 Å². The summed E-state index contributed by atoms with van der Waals surface area (Å²) in [6.45, 7) is 2.83. The van der Waals surface area contributed by atoms with Crippen LogP contribution in [0.25, 0.3) is 0 Å². The second-order valence-electron chi connectivity index (χ2n) is 5.17. The van der Waals surface area contributed by atoms with Crippen LogP contribution in [-0.2, 0) is 6.54 Å². The Bertz CT molecular complexity index is 629. The molecule has 1 aliphatic rings. The fourth-order valence-corrected chi connectivity index (χ4v) is 2.56. The second kappa shape index (κ2) is 6.45. The van der Waals surface area contributed by atoms with Crippen molar-refractivity contribution in [3.8, 4) is 11.8 Å². The molecule has 3 rings (SSSR count). The molecule has 1 aromatic carbocycles. The number of benzene rings is 1. The summed E-state index contributed by atoms with van der Waals surface area (Å²) < 4.78 is 5.81. The van der Waals surface area contributed by atoms with Crippen molar-refractivity contribution < 1.29 is 4.74 Å². The molecule has 0 saturated heterocycles. The lowest BCUT2D eigenvalue weighted by molar-refractivity contribution is 0.429. The van der Waals surface area contributed by atoms with Gasteiger partial charge in [-0.1, -0.05) is 12.1 Å². The Balaban J connectivity index is 1.71. The van der Waals surface area contributed by atoms with Crippen LogP contribution in [0.15, 0.2) is 35.4 Å². The van der Waals surface area contributed by atoms with Crippen molar-refractivity contribution in [1.82, 2.24) is 15.3 Å². The molecule has 21 heavy (non-hydrogen) atoms. The Hall–Kier alpha value is -1.59. The second-order valence-corrected chi connectivity index (χ2v) is 6.02. The molecule has 1 saturated carbocycles. The van der Waals surface area contributed by atoms with Crippen molar-refractivity contribution in [1.29, 1.82) is 0 Å². The molecule has 1 fully saturated rings. The van der Waals surface area contributed by atoms with Crippen LogP contribution >= 0.6 is 11.8 Å². The van der Waals surface area contributed by atoms with E-state index in [9.17, 15) is 0 Å². The number of thioether (sulfide) groups is 1. The third kappa shape index (κ3) is 3.74. The topological polar surface area (TPSA) is 47.0 Å². The van der Waals surface area contributed by atoms with E-state index in [1.807, 2.05) is 43.6 Å². The van der Waals surface area contributed by atoms with Crippen LogP contribution in [0.3, 0.4) is 0 Å². The summed E-state index contributed by atoms with van der Waals surface area (Å²) in [7, 11) is 0. The van der Waals surface area contributed by atoms with Crippen molar-refractivity contribution in [2.75, 3.05) is 6.26 Å². The quantitative estimate of drug-likeness (QED) is 0.827. The van der Waals surface area contributed by atoms with E-state index in [1.54, 1.807) is 11.8 Å². The van der Waals surface area contributed by atoms with Gasteiger partial charge in [-0.25, -0.2) is 4.98 Å². The number of aryl methyl sites for hydroxylation is 1. The van der Waals surface area contributed by atoms with Crippen LogP contribution in [0.1, 0.15) is 24.1 Å². The molecule has 1 aromatic heterocycles. The van der Waals surface area contributed by atoms with Crippen LogP contribution in [0.4, 0.5) is 0 Å². The molecule has 0 aliphatic heterocycles. The van der Waals surface area contributed by atoms with Gasteiger partial charge in [0, 0.05) is 34.9 Å². The molecule has 0 atom stereocenters. The fraction of sp³-hybridized carbons (Fsp3) is 0.375. The maximum absolute atomic E-state index is 5.81. The zero-order chi connectivity index (χ0) is 14.7. The van der Waals surface area contributed by atoms with E-state index < -0.39 is 0 Å². The molecule has 0 spiro atoms. The first-order valence-corrected chi connectivity index (χ1v) is 8.35. The first kappa shape index (κ1) is 14.4. The average Bonchev–Trinajstić information content (AvgIpc) is 3.31. The number of hydrogen-bond donors (Lipinski definition) is 1. The Morgan fingerprint density at radius 3 is 2.86 bits per heavy atom. The van der Waals surface area contributed by atoms with Gasteiger partial charge in [0.2, 0.25) is 0 Å². The van der Waals surface area contributed by atoms with Crippen LogP contribution in [-0.4, -0.2) is 22.3 Å². The van der Waals surface area contributed by atoms with Crippen molar-refractivity contribution in [3.63, 3.8) is 0 Å². The monoisotopic (exact) mass is 301 g/mol. The third-order valence-corrected chi connectivity index (χ3v) is 4.26. The minimum Gasteiger partial charge on any atom is -0.423 e. The Kier molecular flexibility index (Phi) is 4.41. The van der Waals surface area contributed by atoms with E-state index >= 15 is 0 Å². The number of nitrogens with one attached hydrogen (secondary N) is 1. The largest absolute Gasteiger partial charge is 0.423 e. The van der Waals surface area contributed by atoms with Crippen molar-refractivity contribution in [3.05, 3.63) is 41.7 Å². The molecule has 1 aliphatic carbocycles. The van der Waals surface area contributed by atoms with Crippen molar-refractivity contribution in [2.45, 2.75) is 37.2 Å². The summed E-state index contributed by atoms with van der Waals surface area (Å²) in [6.07, 6.45) is 6.45. The van der Waals surface area contributed by atoms with E-state index in [-0.39, 0.29) is 0 Å². The number of para-hydroxylation sites is 1. The first-order valence-electron chi connectivity index (χ1n) is 7.13. The lowest BCUT2D eigenvalue weighted by Gasteiger charge is -2.10. The number of rotatable bonds is 6. The molecule has 0 unspecified atom stereocenters. The molecule has 0 radical (unpaired) electrons. The minimum absolute atomic E-state index is 0.407. The predicted octanol–water partition coefficient (Wildman–Crippen LogP) is 3.55. The van der Waals surface area contributed by atoms with E-state index in [2.05, 4.69) is 15.3 Å². The van der Waals surface area contributed by atoms with Gasteiger partial charge in [0.15, 0.2) is 0 Å². The van der Waals surface area contributed by atoms with Gasteiger partial charge in [0.1, 0.15) is 5.75 Å². The summed E-state index contributed by atoms with van der Waals surface area (Å²) in [5, 5.41) is 3.48. The van der Waals surface area contributed by atoms with Crippen LogP contribution < -0.4 is 10.1 Å². The molecule has 0 amide bonds. The number of hydrogen-bond acceptors (Lipinski definition) is 5. The highest BCUT2D eigenvalue weighted by Gasteiger charge is 2.20. The lowest BCUT2D eigenvalue weighted by Crippen LogP contribution is -2.16. The summed E-state index contributed by atoms with van der Waals surface area (Å²) in [5.74, 6) is 0.799. The standard InChI is InChI=1S/C16H19N3OS/c1-11-12(9-17-13-7-8-13)10-18-16(19-11)20-14-5-3-4-6-15(14)21-2/h3-6,10,13,17H,7-9H2,1-2H3. The van der Waals surface area contributed by atoms with Gasteiger partial charge in [-0.15, -0.1) is 11.8 Å². The Labute approximate surface area is 129 Å². The highest BCUT2D eigenvalue weighted by molar-refractivity contribution is 7.98. The van der Waals surface area contributed by atoms with Crippen LogP contribution in [0.2, 0.25) is 0 Å². The van der Waals surface area contributed by atoms with Crippen LogP contribution in [0, 0.1) is 6.92 Å². The molecule has 5 heteroatoms. The van der Waals surface area contributed by atoms with Crippen molar-refractivity contribution >= 4 is 11.8 Å². The normalized spacial score (nSPS) is 14.2. The molecule has 110 valence electrons. The number of aromatic nitrogens is 2. The van der Waals surface area contributed by atoms with E-state index in [1.165, 1.54) is 12.8 Å². The zero-order valence-corrected chi connectivity index (χ0v) is 13.1. The molecular weight excluding hydrogens is 282 g/mol. The van der Waals surface area contributed by atoms with Gasteiger partial charge >= 0.3 is 6.01 Å². The van der Waals surface area contributed by atoms with Crippen LogP contribution in [0.5, 0.6) is 11.8 Å². The van der Waals surface area contributed by atoms with Gasteiger partial charge < -0.3 is 10.1 Å². The average molecular weight is 301 g/mol. The number of nitrogens with zero attached hydrogens (tertiary/aromatic N) is 2. The lowest BCUT2D eigenvalue weighted by atomic mass is 10.2. The maximum atomic E-state index is 5.81. The molecule has 1 heterocycles. The Morgan fingerprint density at radius 1 is 1.33 bits per heavy atom. The summed E-state index contributed by atoms with van der Waals surface area (Å²) >= 11 is 1.65. The minimum atomic E-state index is 0.407. The molecule has 2 aromatic rings. The highest BCUT2D eigenvalue weighted by Crippen LogP contribution is 2.30. The summed E-state index contributed by atoms with van der Waals surface area (Å²) in [6, 6.07) is 9.01. The molecule has 0 bridgehead atoms. The van der Waals surface area contributed by atoms with Gasteiger partial charge in [-0.3, -0.25) is 0 Å². The molecular formula is C16H19N3OS. The molecule has 1 N–H and O–H groups in total. The Morgan fingerprint density at radius 2 is 2.14 bits per heavy atom. The third-order valence-electron chi connectivity index (χ3n) is 3.49. The fourth-order valence-electron chi connectivity index (χ4n) is 2.04. The summed E-state index contributed by atoms with van der Waals surface area (Å²) in [4.78, 5) is 9.87. The van der Waals surface area contributed by atoms with E-state index in [0.717, 1.165) is 28.4 Å². The SMILES string of the molecule is CSc1ccccc1Oc1ncc(CNC2CC2)c(C)n1. The first-order chi connectivity index (χ1) is 10.3. The highest BCUT2D eigenvalue weighted by atomic mass is 32.2.